The molecule has 0 radical (unpaired) electrons. The van der Waals surface area contributed by atoms with Crippen LogP contribution in [0.1, 0.15) is 6.92 Å². The van der Waals surface area contributed by atoms with Crippen LogP contribution in [0.3, 0.4) is 0 Å². The lowest BCUT2D eigenvalue weighted by atomic mass is 10.8. The van der Waals surface area contributed by atoms with Crippen LogP contribution < -0.4 is 11.5 Å². The normalized spacial score (nSPS) is 12.9. The quantitative estimate of drug-likeness (QED) is 0.349. The Labute approximate surface area is 48.3 Å². The molecule has 0 unspecified atom stereocenters. The fourth-order valence-electron chi connectivity index (χ4n) is 0.279. The third-order valence-corrected chi connectivity index (χ3v) is 0.527. The van der Waals surface area contributed by atoms with Crippen molar-refractivity contribution >= 4 is 12.3 Å². The second-order valence-corrected chi connectivity index (χ2v) is 1.11. The molecule has 0 amide bonds. The molecule has 46 valence electrons. The Morgan fingerprint density at radius 3 is 2.75 bits per heavy atom. The summed E-state index contributed by atoms with van der Waals surface area (Å²) < 4.78 is 0. The number of hydrogen-bond acceptors (Lipinski definition) is 1. The molecule has 0 saturated carbocycles. The first-order valence-electron chi connectivity index (χ1n) is 2.35. The second kappa shape index (κ2) is 4.11. The number of rotatable bonds is 1. The zero-order chi connectivity index (χ0) is 6.41. The van der Waals surface area contributed by atoms with Gasteiger partial charge in [0, 0.05) is 6.54 Å². The van der Waals surface area contributed by atoms with Gasteiger partial charge in [-0.1, -0.05) is 0 Å². The number of nitrogens with two attached hydrogens (primary N) is 2. The fourth-order valence-corrected chi connectivity index (χ4v) is 0.279. The maximum Gasteiger partial charge on any atom is 0.216 e. The first kappa shape index (κ1) is 6.94. The van der Waals surface area contributed by atoms with Crippen LogP contribution in [-0.4, -0.2) is 18.8 Å². The predicted molar refractivity (Wildman–Crippen MR) is 34.8 cm³/mol. The summed E-state index contributed by atoms with van der Waals surface area (Å²) in [7, 11) is 0. The molecular formula is C4H10N4. The standard InChI is InChI=1S/C4H10N4/c1-2-7-4(6)8-3-5/h3H,2H2,1H3,(H4,5,6,7,8). The Morgan fingerprint density at radius 2 is 2.38 bits per heavy atom. The first-order valence-corrected chi connectivity index (χ1v) is 2.35. The molecular weight excluding hydrogens is 104 g/mol. The van der Waals surface area contributed by atoms with Crippen molar-refractivity contribution in [2.24, 2.45) is 21.5 Å². The summed E-state index contributed by atoms with van der Waals surface area (Å²) in [5, 5.41) is 0. The predicted octanol–water partition coefficient (Wildman–Crippen LogP) is -0.692. The molecule has 0 rings (SSSR count). The lowest BCUT2D eigenvalue weighted by Gasteiger charge is -1.85. The van der Waals surface area contributed by atoms with Gasteiger partial charge in [0.25, 0.3) is 0 Å². The highest BCUT2D eigenvalue weighted by Crippen LogP contribution is 1.68. The summed E-state index contributed by atoms with van der Waals surface area (Å²) in [6.45, 7) is 2.52. The van der Waals surface area contributed by atoms with Crippen LogP contribution in [0, 0.1) is 0 Å². The van der Waals surface area contributed by atoms with Crippen LogP contribution in [0.25, 0.3) is 0 Å². The van der Waals surface area contributed by atoms with Crippen molar-refractivity contribution in [3.05, 3.63) is 0 Å². The summed E-state index contributed by atoms with van der Waals surface area (Å²) in [5.41, 5.74) is 10.1. The molecule has 0 spiro atoms. The van der Waals surface area contributed by atoms with Crippen molar-refractivity contribution in [2.75, 3.05) is 6.54 Å². The zero-order valence-electron chi connectivity index (χ0n) is 4.83. The molecule has 0 fully saturated rings. The molecule has 0 heterocycles. The third-order valence-electron chi connectivity index (χ3n) is 0.527. The molecule has 4 N–H and O–H groups in total. The molecule has 0 aliphatic rings. The summed E-state index contributed by atoms with van der Waals surface area (Å²) in [6, 6.07) is 0. The molecule has 0 bridgehead atoms. The fraction of sp³-hybridized carbons (Fsp3) is 0.500. The van der Waals surface area contributed by atoms with Gasteiger partial charge in [0.2, 0.25) is 5.96 Å². The smallest absolute Gasteiger partial charge is 0.216 e. The SMILES string of the molecule is CC/N=C(N)\N=C/N. The van der Waals surface area contributed by atoms with E-state index < -0.39 is 0 Å². The van der Waals surface area contributed by atoms with Gasteiger partial charge in [-0.2, -0.15) is 0 Å². The van der Waals surface area contributed by atoms with E-state index >= 15 is 0 Å². The van der Waals surface area contributed by atoms with Crippen molar-refractivity contribution in [1.29, 1.82) is 0 Å². The summed E-state index contributed by atoms with van der Waals surface area (Å²) in [6.07, 6.45) is 1.12. The van der Waals surface area contributed by atoms with Gasteiger partial charge < -0.3 is 11.5 Å². The number of guanidine groups is 1. The first-order chi connectivity index (χ1) is 3.81. The second-order valence-electron chi connectivity index (χ2n) is 1.11. The zero-order valence-corrected chi connectivity index (χ0v) is 4.83. The van der Waals surface area contributed by atoms with Crippen LogP contribution >= 0.6 is 0 Å². The third kappa shape index (κ3) is 3.14. The van der Waals surface area contributed by atoms with Crippen LogP contribution in [0.5, 0.6) is 0 Å². The Hall–Kier alpha value is -1.06. The maximum absolute atomic E-state index is 5.17. The molecule has 4 heteroatoms. The van der Waals surface area contributed by atoms with E-state index in [9.17, 15) is 0 Å². The van der Waals surface area contributed by atoms with Crippen molar-refractivity contribution in [2.45, 2.75) is 6.92 Å². The van der Waals surface area contributed by atoms with Gasteiger partial charge in [-0.05, 0) is 6.92 Å². The maximum atomic E-state index is 5.17. The van der Waals surface area contributed by atoms with E-state index in [4.69, 9.17) is 11.5 Å². The van der Waals surface area contributed by atoms with Gasteiger partial charge in [-0.25, -0.2) is 4.99 Å². The average molecular weight is 114 g/mol. The van der Waals surface area contributed by atoms with E-state index in [1.807, 2.05) is 6.92 Å². The van der Waals surface area contributed by atoms with E-state index in [2.05, 4.69) is 9.98 Å². The van der Waals surface area contributed by atoms with E-state index in [0.717, 1.165) is 6.34 Å². The minimum Gasteiger partial charge on any atom is -0.390 e. The molecule has 0 aromatic carbocycles. The highest BCUT2D eigenvalue weighted by atomic mass is 15.0. The highest BCUT2D eigenvalue weighted by molar-refractivity contribution is 5.85. The van der Waals surface area contributed by atoms with Gasteiger partial charge in [0.1, 0.15) is 0 Å². The molecule has 0 aromatic rings. The Morgan fingerprint density at radius 1 is 1.75 bits per heavy atom. The highest BCUT2D eigenvalue weighted by Gasteiger charge is 1.77. The van der Waals surface area contributed by atoms with Crippen molar-refractivity contribution in [1.82, 2.24) is 0 Å². The molecule has 0 aliphatic carbocycles. The van der Waals surface area contributed by atoms with Gasteiger partial charge >= 0.3 is 0 Å². The molecule has 8 heavy (non-hydrogen) atoms. The van der Waals surface area contributed by atoms with E-state index in [1.54, 1.807) is 0 Å². The van der Waals surface area contributed by atoms with Crippen molar-refractivity contribution in [3.8, 4) is 0 Å². The summed E-state index contributed by atoms with van der Waals surface area (Å²) >= 11 is 0. The van der Waals surface area contributed by atoms with E-state index in [-0.39, 0.29) is 5.96 Å². The Kier molecular flexibility index (Phi) is 3.56. The monoisotopic (exact) mass is 114 g/mol. The Bertz CT molecular complexity index is 105. The van der Waals surface area contributed by atoms with Crippen LogP contribution in [-0.2, 0) is 0 Å². The van der Waals surface area contributed by atoms with Gasteiger partial charge in [-0.15, -0.1) is 0 Å². The Balaban J connectivity index is 3.61. The number of nitrogens with zero attached hydrogens (tertiary/aromatic N) is 2. The molecule has 0 saturated heterocycles. The molecule has 4 nitrogen and oxygen atoms in total. The summed E-state index contributed by atoms with van der Waals surface area (Å²) in [5.74, 6) is 0.231. The average Bonchev–Trinajstić information content (AvgIpc) is 1.68. The van der Waals surface area contributed by atoms with Crippen LogP contribution in [0.2, 0.25) is 0 Å². The number of aliphatic imine (C=N–C) groups is 2. The minimum absolute atomic E-state index is 0.231. The van der Waals surface area contributed by atoms with Crippen molar-refractivity contribution in [3.63, 3.8) is 0 Å². The topological polar surface area (TPSA) is 76.8 Å². The van der Waals surface area contributed by atoms with E-state index in [1.165, 1.54) is 0 Å². The molecule has 0 aromatic heterocycles. The lowest BCUT2D eigenvalue weighted by molar-refractivity contribution is 1.11. The van der Waals surface area contributed by atoms with Gasteiger partial charge in [0.15, 0.2) is 0 Å². The lowest BCUT2D eigenvalue weighted by Crippen LogP contribution is -2.10. The van der Waals surface area contributed by atoms with Crippen LogP contribution in [0.15, 0.2) is 9.98 Å². The van der Waals surface area contributed by atoms with Crippen LogP contribution in [0.4, 0.5) is 0 Å². The molecule has 0 aliphatic heterocycles. The van der Waals surface area contributed by atoms with Crippen molar-refractivity contribution < 1.29 is 0 Å². The van der Waals surface area contributed by atoms with E-state index in [0.29, 0.717) is 6.54 Å². The summed E-state index contributed by atoms with van der Waals surface area (Å²) in [4.78, 5) is 7.23. The van der Waals surface area contributed by atoms with Gasteiger partial charge in [0.05, 0.1) is 6.34 Å². The minimum atomic E-state index is 0.231. The van der Waals surface area contributed by atoms with Gasteiger partial charge in [-0.3, -0.25) is 4.99 Å². The molecule has 0 atom stereocenters. The number of hydrogen-bond donors (Lipinski definition) is 2. The largest absolute Gasteiger partial charge is 0.390 e.